The van der Waals surface area contributed by atoms with E-state index in [4.69, 9.17) is 16.3 Å². The number of pyridine rings is 1. The predicted octanol–water partition coefficient (Wildman–Crippen LogP) is 4.14. The van der Waals surface area contributed by atoms with Crippen molar-refractivity contribution in [3.8, 4) is 5.75 Å². The molecule has 3 nitrogen and oxygen atoms in total. The van der Waals surface area contributed by atoms with Gasteiger partial charge in [0.05, 0.1) is 18.8 Å². The van der Waals surface area contributed by atoms with Crippen molar-refractivity contribution in [1.29, 1.82) is 0 Å². The van der Waals surface area contributed by atoms with Gasteiger partial charge in [-0.25, -0.2) is 0 Å². The van der Waals surface area contributed by atoms with Crippen LogP contribution >= 0.6 is 11.6 Å². The van der Waals surface area contributed by atoms with Gasteiger partial charge in [0.2, 0.25) is 0 Å². The first-order valence-corrected chi connectivity index (χ1v) is 7.54. The van der Waals surface area contributed by atoms with E-state index >= 15 is 0 Å². The van der Waals surface area contributed by atoms with Gasteiger partial charge < -0.3 is 10.1 Å². The number of aryl methyl sites for hydroxylation is 1. The maximum absolute atomic E-state index is 6.17. The molecule has 0 radical (unpaired) electrons. The van der Waals surface area contributed by atoms with E-state index in [0.717, 1.165) is 35.7 Å². The van der Waals surface area contributed by atoms with Crippen LogP contribution in [0.4, 0.5) is 0 Å². The van der Waals surface area contributed by atoms with Crippen LogP contribution in [0, 0.1) is 6.92 Å². The van der Waals surface area contributed by atoms with Gasteiger partial charge in [-0.2, -0.15) is 0 Å². The molecule has 2 rings (SSSR count). The Morgan fingerprint density at radius 3 is 2.76 bits per heavy atom. The summed E-state index contributed by atoms with van der Waals surface area (Å²) in [6.45, 7) is 5.04. The van der Waals surface area contributed by atoms with Crippen molar-refractivity contribution >= 4 is 11.6 Å². The topological polar surface area (TPSA) is 34.2 Å². The van der Waals surface area contributed by atoms with Crippen molar-refractivity contribution in [3.05, 3.63) is 58.4 Å². The standard InChI is InChI=1S/C17H21ClN2O/c1-4-10-19-17(15-7-5-6-12(2)20-15)14-11-13(18)8-9-16(14)21-3/h5-9,11,17,19H,4,10H2,1-3H3. The van der Waals surface area contributed by atoms with E-state index in [-0.39, 0.29) is 6.04 Å². The molecule has 1 atom stereocenters. The van der Waals surface area contributed by atoms with Crippen LogP contribution in [0.2, 0.25) is 5.02 Å². The van der Waals surface area contributed by atoms with Gasteiger partial charge in [-0.15, -0.1) is 0 Å². The molecule has 0 saturated heterocycles. The fourth-order valence-corrected chi connectivity index (χ4v) is 2.50. The molecule has 0 bridgehead atoms. The molecule has 0 aliphatic heterocycles. The summed E-state index contributed by atoms with van der Waals surface area (Å²) in [5.74, 6) is 0.816. The maximum atomic E-state index is 6.17. The smallest absolute Gasteiger partial charge is 0.124 e. The summed E-state index contributed by atoms with van der Waals surface area (Å²) < 4.78 is 5.49. The summed E-state index contributed by atoms with van der Waals surface area (Å²) >= 11 is 6.17. The third-order valence-electron chi connectivity index (χ3n) is 3.31. The molecule has 0 aliphatic carbocycles. The average Bonchev–Trinajstić information content (AvgIpc) is 2.48. The molecule has 1 N–H and O–H groups in total. The van der Waals surface area contributed by atoms with E-state index in [1.165, 1.54) is 0 Å². The first-order chi connectivity index (χ1) is 10.2. The molecular formula is C17H21ClN2O. The Balaban J connectivity index is 2.47. The number of nitrogens with zero attached hydrogens (tertiary/aromatic N) is 1. The lowest BCUT2D eigenvalue weighted by molar-refractivity contribution is 0.403. The molecule has 1 heterocycles. The number of nitrogens with one attached hydrogen (secondary N) is 1. The SMILES string of the molecule is CCCNC(c1cccc(C)n1)c1cc(Cl)ccc1OC. The van der Waals surface area contributed by atoms with Gasteiger partial charge in [-0.05, 0) is 50.2 Å². The fraction of sp³-hybridized carbons (Fsp3) is 0.353. The van der Waals surface area contributed by atoms with Crippen molar-refractivity contribution in [2.75, 3.05) is 13.7 Å². The molecule has 0 aliphatic rings. The van der Waals surface area contributed by atoms with Crippen molar-refractivity contribution < 1.29 is 4.74 Å². The normalized spacial score (nSPS) is 12.2. The van der Waals surface area contributed by atoms with Crippen LogP contribution in [-0.4, -0.2) is 18.6 Å². The van der Waals surface area contributed by atoms with E-state index in [2.05, 4.69) is 17.2 Å². The van der Waals surface area contributed by atoms with E-state index in [9.17, 15) is 0 Å². The number of ether oxygens (including phenoxy) is 1. The Kier molecular flexibility index (Phi) is 5.59. The first kappa shape index (κ1) is 15.8. The Morgan fingerprint density at radius 2 is 2.10 bits per heavy atom. The lowest BCUT2D eigenvalue weighted by atomic mass is 10.0. The number of benzene rings is 1. The predicted molar refractivity (Wildman–Crippen MR) is 87.1 cm³/mol. The number of aromatic nitrogens is 1. The highest BCUT2D eigenvalue weighted by Crippen LogP contribution is 2.31. The number of rotatable bonds is 6. The highest BCUT2D eigenvalue weighted by atomic mass is 35.5. The van der Waals surface area contributed by atoms with Gasteiger partial charge in [-0.3, -0.25) is 4.98 Å². The van der Waals surface area contributed by atoms with Crippen molar-refractivity contribution in [2.45, 2.75) is 26.3 Å². The molecule has 2 aromatic rings. The highest BCUT2D eigenvalue weighted by Gasteiger charge is 2.19. The molecule has 1 aromatic carbocycles. The summed E-state index contributed by atoms with van der Waals surface area (Å²) in [7, 11) is 1.67. The fourth-order valence-electron chi connectivity index (χ4n) is 2.32. The molecule has 0 amide bonds. The number of hydrogen-bond acceptors (Lipinski definition) is 3. The minimum Gasteiger partial charge on any atom is -0.496 e. The summed E-state index contributed by atoms with van der Waals surface area (Å²) in [6, 6.07) is 11.7. The zero-order chi connectivity index (χ0) is 15.2. The second-order valence-electron chi connectivity index (χ2n) is 4.98. The average molecular weight is 305 g/mol. The van der Waals surface area contributed by atoms with Crippen LogP contribution < -0.4 is 10.1 Å². The van der Waals surface area contributed by atoms with E-state index in [0.29, 0.717) is 5.02 Å². The monoisotopic (exact) mass is 304 g/mol. The zero-order valence-electron chi connectivity index (χ0n) is 12.7. The van der Waals surface area contributed by atoms with Crippen LogP contribution in [0.3, 0.4) is 0 Å². The Bertz CT molecular complexity index is 601. The van der Waals surface area contributed by atoms with Crippen LogP contribution in [0.15, 0.2) is 36.4 Å². The van der Waals surface area contributed by atoms with E-state index < -0.39 is 0 Å². The second kappa shape index (κ2) is 7.43. The van der Waals surface area contributed by atoms with Gasteiger partial charge in [0.25, 0.3) is 0 Å². The van der Waals surface area contributed by atoms with Crippen molar-refractivity contribution in [2.24, 2.45) is 0 Å². The van der Waals surface area contributed by atoms with E-state index in [1.807, 2.05) is 43.3 Å². The Hall–Kier alpha value is -1.58. The van der Waals surface area contributed by atoms with Crippen LogP contribution in [0.5, 0.6) is 5.75 Å². The van der Waals surface area contributed by atoms with Gasteiger partial charge in [0, 0.05) is 16.3 Å². The molecule has 112 valence electrons. The largest absolute Gasteiger partial charge is 0.496 e. The molecule has 1 aromatic heterocycles. The minimum atomic E-state index is -0.0292. The summed E-state index contributed by atoms with van der Waals surface area (Å²) in [6.07, 6.45) is 1.05. The van der Waals surface area contributed by atoms with E-state index in [1.54, 1.807) is 7.11 Å². The molecule has 0 spiro atoms. The van der Waals surface area contributed by atoms with Gasteiger partial charge in [0.1, 0.15) is 5.75 Å². The third-order valence-corrected chi connectivity index (χ3v) is 3.54. The molecule has 1 unspecified atom stereocenters. The Labute approximate surface area is 131 Å². The first-order valence-electron chi connectivity index (χ1n) is 7.16. The van der Waals surface area contributed by atoms with Crippen LogP contribution in [0.1, 0.15) is 36.3 Å². The molecule has 0 fully saturated rings. The molecule has 4 heteroatoms. The molecule has 21 heavy (non-hydrogen) atoms. The third kappa shape index (κ3) is 3.96. The maximum Gasteiger partial charge on any atom is 0.124 e. The van der Waals surface area contributed by atoms with Gasteiger partial charge in [0.15, 0.2) is 0 Å². The minimum absolute atomic E-state index is 0.0292. The van der Waals surface area contributed by atoms with Gasteiger partial charge in [-0.1, -0.05) is 24.6 Å². The van der Waals surface area contributed by atoms with Crippen molar-refractivity contribution in [3.63, 3.8) is 0 Å². The Morgan fingerprint density at radius 1 is 1.29 bits per heavy atom. The lowest BCUT2D eigenvalue weighted by Crippen LogP contribution is -2.24. The summed E-state index contributed by atoms with van der Waals surface area (Å²) in [4.78, 5) is 4.65. The summed E-state index contributed by atoms with van der Waals surface area (Å²) in [5.41, 5.74) is 2.98. The zero-order valence-corrected chi connectivity index (χ0v) is 13.4. The highest BCUT2D eigenvalue weighted by molar-refractivity contribution is 6.30. The molecule has 0 saturated carbocycles. The summed E-state index contributed by atoms with van der Waals surface area (Å²) in [5, 5.41) is 4.23. The quantitative estimate of drug-likeness (QED) is 0.871. The number of methoxy groups -OCH3 is 1. The van der Waals surface area contributed by atoms with Gasteiger partial charge >= 0.3 is 0 Å². The van der Waals surface area contributed by atoms with Crippen molar-refractivity contribution in [1.82, 2.24) is 10.3 Å². The second-order valence-corrected chi connectivity index (χ2v) is 5.41. The lowest BCUT2D eigenvalue weighted by Gasteiger charge is -2.21. The van der Waals surface area contributed by atoms with Crippen LogP contribution in [-0.2, 0) is 0 Å². The number of hydrogen-bond donors (Lipinski definition) is 1. The molecular weight excluding hydrogens is 284 g/mol. The van der Waals surface area contributed by atoms with Crippen LogP contribution in [0.25, 0.3) is 0 Å². The number of halogens is 1.